The Morgan fingerprint density at radius 3 is 2.75 bits per heavy atom. The largest absolute Gasteiger partial charge is 0.371 e. The maximum absolute atomic E-state index is 11.0. The van der Waals surface area contributed by atoms with Crippen LogP contribution in [0.4, 0.5) is 5.69 Å². The fourth-order valence-corrected chi connectivity index (χ4v) is 2.12. The summed E-state index contributed by atoms with van der Waals surface area (Å²) < 4.78 is 1.00. The molecular formula is C13H18BrNO. The van der Waals surface area contributed by atoms with Gasteiger partial charge in [0.15, 0.2) is 6.29 Å². The highest BCUT2D eigenvalue weighted by Crippen LogP contribution is 2.25. The van der Waals surface area contributed by atoms with Gasteiger partial charge < -0.3 is 4.90 Å². The predicted octanol–water partition coefficient (Wildman–Crippen LogP) is 3.89. The van der Waals surface area contributed by atoms with E-state index in [2.05, 4.69) is 34.7 Å². The Hall–Kier alpha value is -0.830. The number of halogens is 1. The molecule has 88 valence electrons. The molecule has 0 saturated heterocycles. The molecule has 2 nitrogen and oxygen atoms in total. The Labute approximate surface area is 106 Å². The first-order valence-electron chi connectivity index (χ1n) is 5.57. The summed E-state index contributed by atoms with van der Waals surface area (Å²) in [6.07, 6.45) is 3.19. The number of hydrogen-bond donors (Lipinski definition) is 0. The Morgan fingerprint density at radius 2 is 2.19 bits per heavy atom. The van der Waals surface area contributed by atoms with Gasteiger partial charge >= 0.3 is 0 Å². The lowest BCUT2D eigenvalue weighted by Gasteiger charge is -2.28. The Kier molecular flexibility index (Phi) is 5.00. The van der Waals surface area contributed by atoms with Crippen molar-refractivity contribution in [3.05, 3.63) is 28.2 Å². The van der Waals surface area contributed by atoms with Gasteiger partial charge in [0.25, 0.3) is 0 Å². The van der Waals surface area contributed by atoms with Gasteiger partial charge in [0.05, 0.1) is 0 Å². The number of hydrogen-bond acceptors (Lipinski definition) is 2. The summed E-state index contributed by atoms with van der Waals surface area (Å²) in [5.41, 5.74) is 1.74. The van der Waals surface area contributed by atoms with Crippen LogP contribution in [-0.2, 0) is 0 Å². The topological polar surface area (TPSA) is 20.3 Å². The Bertz CT molecular complexity index is 365. The molecule has 1 rings (SSSR count). The van der Waals surface area contributed by atoms with Crippen LogP contribution in [0.15, 0.2) is 22.7 Å². The number of carbonyl (C=O) groups excluding carboxylic acids is 1. The fourth-order valence-electron chi connectivity index (χ4n) is 1.77. The molecule has 0 amide bonds. The number of nitrogens with zero attached hydrogens (tertiary/aromatic N) is 1. The van der Waals surface area contributed by atoms with Crippen LogP contribution >= 0.6 is 15.9 Å². The molecular weight excluding hydrogens is 266 g/mol. The van der Waals surface area contributed by atoms with E-state index in [1.54, 1.807) is 0 Å². The molecule has 0 aliphatic carbocycles. The van der Waals surface area contributed by atoms with Crippen LogP contribution in [0.3, 0.4) is 0 Å². The molecule has 0 spiro atoms. The van der Waals surface area contributed by atoms with Gasteiger partial charge in [-0.15, -0.1) is 0 Å². The van der Waals surface area contributed by atoms with Gasteiger partial charge in [-0.05, 0) is 31.5 Å². The van der Waals surface area contributed by atoms with Crippen LogP contribution in [-0.4, -0.2) is 19.4 Å². The average molecular weight is 284 g/mol. The van der Waals surface area contributed by atoms with E-state index >= 15 is 0 Å². The van der Waals surface area contributed by atoms with Crippen molar-refractivity contribution in [3.63, 3.8) is 0 Å². The molecule has 0 heterocycles. The summed E-state index contributed by atoms with van der Waals surface area (Å²) in [7, 11) is 2.04. The highest BCUT2D eigenvalue weighted by Gasteiger charge is 2.12. The van der Waals surface area contributed by atoms with Crippen LogP contribution in [0.5, 0.6) is 0 Å². The van der Waals surface area contributed by atoms with Gasteiger partial charge in [-0.2, -0.15) is 0 Å². The number of anilines is 1. The molecule has 1 aromatic carbocycles. The normalized spacial score (nSPS) is 12.2. The summed E-state index contributed by atoms with van der Waals surface area (Å²) in [5, 5.41) is 0. The average Bonchev–Trinajstić information content (AvgIpc) is 2.28. The second kappa shape index (κ2) is 6.04. The van der Waals surface area contributed by atoms with E-state index in [4.69, 9.17) is 0 Å². The van der Waals surface area contributed by atoms with Crippen LogP contribution in [0, 0.1) is 0 Å². The smallest absolute Gasteiger partial charge is 0.152 e. The minimum absolute atomic E-state index is 0.443. The van der Waals surface area contributed by atoms with Crippen LogP contribution in [0.2, 0.25) is 0 Å². The molecule has 16 heavy (non-hydrogen) atoms. The molecule has 0 aliphatic rings. The summed E-state index contributed by atoms with van der Waals surface area (Å²) in [6.45, 7) is 4.35. The Morgan fingerprint density at radius 1 is 1.50 bits per heavy atom. The molecule has 0 radical (unpaired) electrons. The van der Waals surface area contributed by atoms with Crippen LogP contribution < -0.4 is 4.90 Å². The van der Waals surface area contributed by atoms with E-state index in [9.17, 15) is 4.79 Å². The zero-order valence-electron chi connectivity index (χ0n) is 10.0. The van der Waals surface area contributed by atoms with Gasteiger partial charge in [-0.3, -0.25) is 4.79 Å². The molecule has 0 aliphatic heterocycles. The van der Waals surface area contributed by atoms with E-state index in [0.717, 1.165) is 34.9 Å². The van der Waals surface area contributed by atoms with Crippen molar-refractivity contribution in [2.75, 3.05) is 11.9 Å². The van der Waals surface area contributed by atoms with E-state index in [1.807, 2.05) is 25.2 Å². The predicted molar refractivity (Wildman–Crippen MR) is 72.3 cm³/mol. The second-order valence-electron chi connectivity index (χ2n) is 4.07. The number of rotatable bonds is 5. The molecule has 0 aromatic heterocycles. The van der Waals surface area contributed by atoms with Gasteiger partial charge in [-0.25, -0.2) is 0 Å². The van der Waals surface area contributed by atoms with Crippen molar-refractivity contribution < 1.29 is 4.79 Å². The summed E-state index contributed by atoms with van der Waals surface area (Å²) in [5.74, 6) is 0. The molecule has 0 fully saturated rings. The van der Waals surface area contributed by atoms with E-state index < -0.39 is 0 Å². The third-order valence-electron chi connectivity index (χ3n) is 2.87. The second-order valence-corrected chi connectivity index (χ2v) is 4.99. The molecule has 1 atom stereocenters. The minimum Gasteiger partial charge on any atom is -0.371 e. The van der Waals surface area contributed by atoms with Gasteiger partial charge in [0, 0.05) is 28.8 Å². The zero-order valence-corrected chi connectivity index (χ0v) is 11.6. The first kappa shape index (κ1) is 13.2. The fraction of sp³-hybridized carbons (Fsp3) is 0.462. The van der Waals surface area contributed by atoms with E-state index in [1.165, 1.54) is 0 Å². The first-order chi connectivity index (χ1) is 7.60. The summed E-state index contributed by atoms with van der Waals surface area (Å²) >= 11 is 3.44. The Balaban J connectivity index is 3.00. The molecule has 1 unspecified atom stereocenters. The number of carbonyl (C=O) groups is 1. The minimum atomic E-state index is 0.443. The SMILES string of the molecule is CCCC(C)N(C)c1cc(Br)ccc1C=O. The number of benzene rings is 1. The lowest BCUT2D eigenvalue weighted by molar-refractivity contribution is 0.112. The quantitative estimate of drug-likeness (QED) is 0.765. The van der Waals surface area contributed by atoms with E-state index in [-0.39, 0.29) is 0 Å². The zero-order chi connectivity index (χ0) is 12.1. The highest BCUT2D eigenvalue weighted by molar-refractivity contribution is 9.10. The van der Waals surface area contributed by atoms with Gasteiger partial charge in [-0.1, -0.05) is 29.3 Å². The van der Waals surface area contributed by atoms with Crippen molar-refractivity contribution in [2.24, 2.45) is 0 Å². The van der Waals surface area contributed by atoms with Crippen molar-refractivity contribution in [1.29, 1.82) is 0 Å². The molecule has 0 bridgehead atoms. The molecule has 1 aromatic rings. The molecule has 3 heteroatoms. The maximum Gasteiger partial charge on any atom is 0.152 e. The third-order valence-corrected chi connectivity index (χ3v) is 3.36. The van der Waals surface area contributed by atoms with Crippen molar-refractivity contribution >= 4 is 27.9 Å². The monoisotopic (exact) mass is 283 g/mol. The van der Waals surface area contributed by atoms with Crippen LogP contribution in [0.1, 0.15) is 37.0 Å². The van der Waals surface area contributed by atoms with Gasteiger partial charge in [0.1, 0.15) is 0 Å². The molecule has 0 saturated carbocycles. The van der Waals surface area contributed by atoms with Crippen molar-refractivity contribution in [3.8, 4) is 0 Å². The lowest BCUT2D eigenvalue weighted by atomic mass is 10.1. The maximum atomic E-state index is 11.0. The summed E-state index contributed by atoms with van der Waals surface area (Å²) in [4.78, 5) is 13.1. The lowest BCUT2D eigenvalue weighted by Crippen LogP contribution is -2.29. The highest BCUT2D eigenvalue weighted by atomic mass is 79.9. The van der Waals surface area contributed by atoms with Crippen molar-refractivity contribution in [2.45, 2.75) is 32.7 Å². The van der Waals surface area contributed by atoms with Crippen molar-refractivity contribution in [1.82, 2.24) is 0 Å². The standard InChI is InChI=1S/C13H18BrNO/c1-4-5-10(2)15(3)13-8-12(14)7-6-11(13)9-16/h6-10H,4-5H2,1-3H3. The van der Waals surface area contributed by atoms with Crippen LogP contribution in [0.25, 0.3) is 0 Å². The first-order valence-corrected chi connectivity index (χ1v) is 6.37. The molecule has 0 N–H and O–H groups in total. The van der Waals surface area contributed by atoms with Gasteiger partial charge in [0.2, 0.25) is 0 Å². The number of aldehydes is 1. The van der Waals surface area contributed by atoms with E-state index in [0.29, 0.717) is 6.04 Å². The third kappa shape index (κ3) is 3.08. The summed E-state index contributed by atoms with van der Waals surface area (Å²) in [6, 6.07) is 6.18.